The van der Waals surface area contributed by atoms with Crippen molar-refractivity contribution in [1.29, 1.82) is 5.26 Å². The van der Waals surface area contributed by atoms with Crippen LogP contribution >= 0.6 is 0 Å². The largest absolute Gasteiger partial charge is 0.465 e. The average Bonchev–Trinajstić information content (AvgIpc) is 2.86. The number of esters is 1. The van der Waals surface area contributed by atoms with Crippen LogP contribution in [-0.2, 0) is 20.4 Å². The number of nitrogens with zero attached hydrogens (tertiary/aromatic N) is 1. The smallest absolute Gasteiger partial charge is 0.316 e. The molecule has 0 N–H and O–H groups in total. The quantitative estimate of drug-likeness (QED) is 0.576. The molecule has 0 spiro atoms. The number of nitriles is 1. The highest BCUT2D eigenvalue weighted by Crippen LogP contribution is 2.52. The molecule has 24 heavy (non-hydrogen) atoms. The van der Waals surface area contributed by atoms with E-state index in [0.29, 0.717) is 25.9 Å². The number of rotatable bonds is 6. The van der Waals surface area contributed by atoms with E-state index in [2.05, 4.69) is 25.7 Å². The van der Waals surface area contributed by atoms with Gasteiger partial charge in [0, 0.05) is 0 Å². The highest BCUT2D eigenvalue weighted by Gasteiger charge is 2.63. The maximum absolute atomic E-state index is 13.0. The van der Waals surface area contributed by atoms with Gasteiger partial charge in [-0.05, 0) is 57.8 Å². The van der Waals surface area contributed by atoms with Gasteiger partial charge in [-0.1, -0.05) is 30.3 Å². The number of carbonyl (C=O) groups excluding carboxylic acids is 1. The molecule has 1 aliphatic carbocycles. The summed E-state index contributed by atoms with van der Waals surface area (Å²) in [4.78, 5) is 13.0. The molecule has 0 aliphatic heterocycles. The summed E-state index contributed by atoms with van der Waals surface area (Å²) in [6.07, 6.45) is 2.48. The van der Waals surface area contributed by atoms with Crippen LogP contribution in [0.4, 0.5) is 0 Å². The highest BCUT2D eigenvalue weighted by molar-refractivity contribution is 6.69. The first kappa shape index (κ1) is 18.7. The Morgan fingerprint density at radius 3 is 2.46 bits per heavy atom. The molecule has 1 aromatic carbocycles. The fraction of sp³-hybridized carbons (Fsp3) is 0.579. The molecule has 2 rings (SSSR count). The molecule has 1 fully saturated rings. The minimum atomic E-state index is -2.02. The lowest BCUT2D eigenvalue weighted by Crippen LogP contribution is -2.56. The van der Waals surface area contributed by atoms with Gasteiger partial charge in [0.2, 0.25) is 0 Å². The van der Waals surface area contributed by atoms with Crippen molar-refractivity contribution in [2.45, 2.75) is 57.8 Å². The zero-order chi connectivity index (χ0) is 17.8. The topological polar surface area (TPSA) is 59.3 Å². The minimum Gasteiger partial charge on any atom is -0.465 e. The number of ether oxygens (including phenoxy) is 1. The maximum atomic E-state index is 13.0. The third kappa shape index (κ3) is 3.55. The molecular formula is C19H27NO3Si. The third-order valence-corrected chi connectivity index (χ3v) is 5.54. The van der Waals surface area contributed by atoms with Gasteiger partial charge in [-0.2, -0.15) is 5.26 Å². The molecule has 5 heteroatoms. The molecule has 1 aromatic rings. The lowest BCUT2D eigenvalue weighted by Gasteiger charge is -2.42. The standard InChI is InChI=1S/C19H27NO3Si/c1-5-22-17(21)18(14-16-10-7-6-8-11-16)12-9-13-19(18,15-20)23-24(2,3)4/h6-8,10-11H,5,9,12-14H2,1-4H3/t18-,19-/m1/s1. The highest BCUT2D eigenvalue weighted by atomic mass is 28.4. The van der Waals surface area contributed by atoms with Gasteiger partial charge in [0.1, 0.15) is 5.41 Å². The van der Waals surface area contributed by atoms with Crippen LogP contribution in [0.1, 0.15) is 31.7 Å². The Labute approximate surface area is 145 Å². The molecule has 0 heterocycles. The molecule has 0 radical (unpaired) electrons. The van der Waals surface area contributed by atoms with E-state index in [-0.39, 0.29) is 5.97 Å². The van der Waals surface area contributed by atoms with Crippen molar-refractivity contribution in [3.05, 3.63) is 35.9 Å². The van der Waals surface area contributed by atoms with E-state index in [4.69, 9.17) is 9.16 Å². The Bertz CT molecular complexity index is 620. The Balaban J connectivity index is 2.51. The molecule has 1 aliphatic rings. The van der Waals surface area contributed by atoms with Crippen LogP contribution < -0.4 is 0 Å². The van der Waals surface area contributed by atoms with Crippen LogP contribution in [0.5, 0.6) is 0 Å². The van der Waals surface area contributed by atoms with Gasteiger partial charge in [0.05, 0.1) is 12.7 Å². The number of hydrogen-bond acceptors (Lipinski definition) is 4. The SMILES string of the molecule is CCOC(=O)[C@]1(Cc2ccccc2)CCC[C@]1(C#N)O[Si](C)(C)C. The van der Waals surface area contributed by atoms with Crippen molar-refractivity contribution in [3.63, 3.8) is 0 Å². The predicted octanol–water partition coefficient (Wildman–Crippen LogP) is 4.08. The lowest BCUT2D eigenvalue weighted by atomic mass is 9.70. The summed E-state index contributed by atoms with van der Waals surface area (Å²) in [5, 5.41) is 10.1. The minimum absolute atomic E-state index is 0.300. The van der Waals surface area contributed by atoms with Crippen LogP contribution in [0.15, 0.2) is 30.3 Å². The van der Waals surface area contributed by atoms with Crippen molar-refractivity contribution in [3.8, 4) is 6.07 Å². The predicted molar refractivity (Wildman–Crippen MR) is 95.8 cm³/mol. The van der Waals surface area contributed by atoms with Crippen molar-refractivity contribution < 1.29 is 14.0 Å². The average molecular weight is 346 g/mol. The van der Waals surface area contributed by atoms with Crippen molar-refractivity contribution in [2.24, 2.45) is 5.41 Å². The summed E-state index contributed by atoms with van der Waals surface area (Å²) in [5.74, 6) is -0.300. The van der Waals surface area contributed by atoms with Gasteiger partial charge < -0.3 is 9.16 Å². The van der Waals surface area contributed by atoms with Crippen LogP contribution in [-0.4, -0.2) is 26.5 Å². The molecule has 4 nitrogen and oxygen atoms in total. The summed E-state index contributed by atoms with van der Waals surface area (Å²) < 4.78 is 11.8. The molecule has 0 saturated heterocycles. The summed E-state index contributed by atoms with van der Waals surface area (Å²) >= 11 is 0. The summed E-state index contributed by atoms with van der Waals surface area (Å²) in [5.41, 5.74) is -0.995. The zero-order valence-electron chi connectivity index (χ0n) is 15.1. The van der Waals surface area contributed by atoms with Gasteiger partial charge >= 0.3 is 5.97 Å². The fourth-order valence-electron chi connectivity index (χ4n) is 3.72. The van der Waals surface area contributed by atoms with Crippen LogP contribution in [0.2, 0.25) is 19.6 Å². The van der Waals surface area contributed by atoms with Gasteiger partial charge in [0.15, 0.2) is 13.9 Å². The van der Waals surface area contributed by atoms with Crippen LogP contribution in [0, 0.1) is 16.7 Å². The molecule has 0 amide bonds. The number of carbonyl (C=O) groups is 1. The third-order valence-electron chi connectivity index (χ3n) is 4.58. The summed E-state index contributed by atoms with van der Waals surface area (Å²) in [6, 6.07) is 12.2. The van der Waals surface area contributed by atoms with E-state index < -0.39 is 19.3 Å². The monoisotopic (exact) mass is 345 g/mol. The zero-order valence-corrected chi connectivity index (χ0v) is 16.1. The van der Waals surface area contributed by atoms with Gasteiger partial charge in [-0.3, -0.25) is 4.79 Å². The lowest BCUT2D eigenvalue weighted by molar-refractivity contribution is -0.164. The molecule has 0 aromatic heterocycles. The summed E-state index contributed by atoms with van der Waals surface area (Å²) in [7, 11) is -2.02. The van der Waals surface area contributed by atoms with Crippen LogP contribution in [0.3, 0.4) is 0 Å². The second-order valence-corrected chi connectivity index (χ2v) is 11.9. The fourth-order valence-corrected chi connectivity index (χ4v) is 5.11. The van der Waals surface area contributed by atoms with E-state index in [1.807, 2.05) is 30.3 Å². The Kier molecular flexibility index (Phi) is 5.51. The Morgan fingerprint density at radius 2 is 1.92 bits per heavy atom. The first-order chi connectivity index (χ1) is 11.3. The van der Waals surface area contributed by atoms with E-state index >= 15 is 0 Å². The summed E-state index contributed by atoms with van der Waals surface area (Å²) in [6.45, 7) is 8.29. The first-order valence-corrected chi connectivity index (χ1v) is 12.0. The second kappa shape index (κ2) is 7.08. The number of hydrogen-bond donors (Lipinski definition) is 0. The van der Waals surface area contributed by atoms with E-state index in [0.717, 1.165) is 12.0 Å². The van der Waals surface area contributed by atoms with E-state index in [9.17, 15) is 10.1 Å². The van der Waals surface area contributed by atoms with Crippen LogP contribution in [0.25, 0.3) is 0 Å². The molecule has 0 unspecified atom stereocenters. The van der Waals surface area contributed by atoms with Crippen molar-refractivity contribution in [1.82, 2.24) is 0 Å². The Morgan fingerprint density at radius 1 is 1.25 bits per heavy atom. The Hall–Kier alpha value is -1.64. The first-order valence-electron chi connectivity index (χ1n) is 8.61. The van der Waals surface area contributed by atoms with Crippen molar-refractivity contribution >= 4 is 14.3 Å². The molecule has 130 valence electrons. The molecular weight excluding hydrogens is 318 g/mol. The van der Waals surface area contributed by atoms with E-state index in [1.165, 1.54) is 0 Å². The molecule has 2 atom stereocenters. The van der Waals surface area contributed by atoms with Gasteiger partial charge in [-0.25, -0.2) is 0 Å². The second-order valence-electron chi connectivity index (χ2n) is 7.47. The van der Waals surface area contributed by atoms with E-state index in [1.54, 1.807) is 6.92 Å². The van der Waals surface area contributed by atoms with Gasteiger partial charge in [-0.15, -0.1) is 0 Å². The maximum Gasteiger partial charge on any atom is 0.316 e. The normalized spacial score (nSPS) is 26.8. The van der Waals surface area contributed by atoms with Gasteiger partial charge in [0.25, 0.3) is 0 Å². The molecule has 1 saturated carbocycles. The number of benzene rings is 1. The molecule has 0 bridgehead atoms. The van der Waals surface area contributed by atoms with Crippen molar-refractivity contribution in [2.75, 3.05) is 6.61 Å².